The summed E-state index contributed by atoms with van der Waals surface area (Å²) in [5, 5.41) is 13.5. The molecule has 0 amide bonds. The molecule has 0 saturated heterocycles. The number of hydrogen-bond acceptors (Lipinski definition) is 4. The molecule has 2 aromatic carbocycles. The molecule has 122 valence electrons. The highest BCUT2D eigenvalue weighted by atomic mass is 16.5. The van der Waals surface area contributed by atoms with Crippen molar-refractivity contribution >= 4 is 6.08 Å². The molecule has 0 aliphatic rings. The highest BCUT2D eigenvalue weighted by molar-refractivity contribution is 5.48. The van der Waals surface area contributed by atoms with Gasteiger partial charge >= 0.3 is 0 Å². The number of hydrogen-bond donors (Lipinski definition) is 2. The molecule has 4 nitrogen and oxygen atoms in total. The van der Waals surface area contributed by atoms with Gasteiger partial charge in [-0.15, -0.1) is 0 Å². The van der Waals surface area contributed by atoms with E-state index in [0.29, 0.717) is 24.6 Å². The standard InChI is InChI=1S/C19H23NO3/c1-22-17-11-16(12-18(13-17)23-2)19(21)14-20-10-6-9-15-7-4-3-5-8-15/h3-9,11-13,19-21H,10,14H2,1-2H3. The summed E-state index contributed by atoms with van der Waals surface area (Å²) in [5.74, 6) is 1.34. The Morgan fingerprint density at radius 2 is 1.70 bits per heavy atom. The van der Waals surface area contributed by atoms with Gasteiger partial charge in [0.15, 0.2) is 0 Å². The van der Waals surface area contributed by atoms with Crippen LogP contribution in [0.5, 0.6) is 11.5 Å². The molecule has 0 aromatic heterocycles. The minimum Gasteiger partial charge on any atom is -0.497 e. The van der Waals surface area contributed by atoms with E-state index in [1.165, 1.54) is 0 Å². The van der Waals surface area contributed by atoms with Crippen LogP contribution in [0.1, 0.15) is 17.2 Å². The lowest BCUT2D eigenvalue weighted by atomic mass is 10.1. The SMILES string of the molecule is COc1cc(OC)cc(C(O)CNCC=Cc2ccccc2)c1. The van der Waals surface area contributed by atoms with Crippen LogP contribution in [0.3, 0.4) is 0 Å². The lowest BCUT2D eigenvalue weighted by Crippen LogP contribution is -2.21. The summed E-state index contributed by atoms with van der Waals surface area (Å²) in [7, 11) is 3.19. The van der Waals surface area contributed by atoms with E-state index in [9.17, 15) is 5.11 Å². The lowest BCUT2D eigenvalue weighted by molar-refractivity contribution is 0.175. The van der Waals surface area contributed by atoms with Gasteiger partial charge in [-0.1, -0.05) is 42.5 Å². The van der Waals surface area contributed by atoms with Crippen LogP contribution in [0.25, 0.3) is 6.08 Å². The smallest absolute Gasteiger partial charge is 0.122 e. The van der Waals surface area contributed by atoms with Crippen molar-refractivity contribution in [2.75, 3.05) is 27.3 Å². The van der Waals surface area contributed by atoms with Crippen molar-refractivity contribution < 1.29 is 14.6 Å². The Morgan fingerprint density at radius 3 is 2.30 bits per heavy atom. The topological polar surface area (TPSA) is 50.7 Å². The Kier molecular flexibility index (Phi) is 6.66. The minimum atomic E-state index is -0.621. The number of aliphatic hydroxyl groups excluding tert-OH is 1. The second-order valence-electron chi connectivity index (χ2n) is 5.13. The van der Waals surface area contributed by atoms with E-state index >= 15 is 0 Å². The maximum atomic E-state index is 10.3. The molecule has 1 unspecified atom stereocenters. The summed E-state index contributed by atoms with van der Waals surface area (Å²) in [6.45, 7) is 1.14. The average Bonchev–Trinajstić information content (AvgIpc) is 2.61. The van der Waals surface area contributed by atoms with Crippen LogP contribution in [0.4, 0.5) is 0 Å². The van der Waals surface area contributed by atoms with Gasteiger partial charge in [-0.2, -0.15) is 0 Å². The number of ether oxygens (including phenoxy) is 2. The van der Waals surface area contributed by atoms with E-state index in [1.54, 1.807) is 20.3 Å². The van der Waals surface area contributed by atoms with Crippen molar-refractivity contribution in [1.29, 1.82) is 0 Å². The first-order valence-corrected chi connectivity index (χ1v) is 7.56. The van der Waals surface area contributed by atoms with E-state index in [-0.39, 0.29) is 0 Å². The van der Waals surface area contributed by atoms with Crippen LogP contribution in [-0.2, 0) is 0 Å². The molecule has 0 aliphatic carbocycles. The number of aliphatic hydroxyl groups is 1. The van der Waals surface area contributed by atoms with Crippen LogP contribution < -0.4 is 14.8 Å². The van der Waals surface area contributed by atoms with Crippen LogP contribution in [-0.4, -0.2) is 32.4 Å². The molecule has 0 bridgehead atoms. The quantitative estimate of drug-likeness (QED) is 0.736. The Hall–Kier alpha value is -2.30. The average molecular weight is 313 g/mol. The molecule has 2 N–H and O–H groups in total. The van der Waals surface area contributed by atoms with Gasteiger partial charge in [0.2, 0.25) is 0 Å². The summed E-state index contributed by atoms with van der Waals surface area (Å²) in [4.78, 5) is 0. The summed E-state index contributed by atoms with van der Waals surface area (Å²) in [5.41, 5.74) is 1.92. The monoisotopic (exact) mass is 313 g/mol. The number of methoxy groups -OCH3 is 2. The van der Waals surface area contributed by atoms with Gasteiger partial charge in [0.05, 0.1) is 20.3 Å². The maximum absolute atomic E-state index is 10.3. The fourth-order valence-corrected chi connectivity index (χ4v) is 2.20. The molecule has 0 heterocycles. The first-order valence-electron chi connectivity index (χ1n) is 7.56. The second kappa shape index (κ2) is 8.98. The van der Waals surface area contributed by atoms with Gasteiger partial charge < -0.3 is 19.9 Å². The van der Waals surface area contributed by atoms with Crippen molar-refractivity contribution in [3.63, 3.8) is 0 Å². The third kappa shape index (κ3) is 5.43. The van der Waals surface area contributed by atoms with Crippen molar-refractivity contribution in [1.82, 2.24) is 5.32 Å². The molecule has 2 aromatic rings. The zero-order valence-corrected chi connectivity index (χ0v) is 13.5. The summed E-state index contributed by atoms with van der Waals surface area (Å²) >= 11 is 0. The minimum absolute atomic E-state index is 0.454. The number of rotatable bonds is 8. The first-order chi connectivity index (χ1) is 11.2. The van der Waals surface area contributed by atoms with Crippen LogP contribution >= 0.6 is 0 Å². The fourth-order valence-electron chi connectivity index (χ4n) is 2.20. The predicted molar refractivity (Wildman–Crippen MR) is 92.9 cm³/mol. The first kappa shape index (κ1) is 17.1. The highest BCUT2D eigenvalue weighted by Crippen LogP contribution is 2.26. The van der Waals surface area contributed by atoms with E-state index in [0.717, 1.165) is 11.1 Å². The summed E-state index contributed by atoms with van der Waals surface area (Å²) < 4.78 is 10.4. The third-order valence-corrected chi connectivity index (χ3v) is 3.47. The molecule has 1 atom stereocenters. The lowest BCUT2D eigenvalue weighted by Gasteiger charge is -2.14. The van der Waals surface area contributed by atoms with Gasteiger partial charge in [-0.05, 0) is 23.3 Å². The van der Waals surface area contributed by atoms with Crippen LogP contribution in [0.15, 0.2) is 54.6 Å². The van der Waals surface area contributed by atoms with Gasteiger partial charge in [0.25, 0.3) is 0 Å². The van der Waals surface area contributed by atoms with Crippen LogP contribution in [0, 0.1) is 0 Å². The number of nitrogens with one attached hydrogen (secondary N) is 1. The highest BCUT2D eigenvalue weighted by Gasteiger charge is 2.10. The van der Waals surface area contributed by atoms with Crippen molar-refractivity contribution in [2.45, 2.75) is 6.10 Å². The molecular formula is C19H23NO3. The van der Waals surface area contributed by atoms with Gasteiger partial charge in [0.1, 0.15) is 11.5 Å². The van der Waals surface area contributed by atoms with E-state index < -0.39 is 6.10 Å². The van der Waals surface area contributed by atoms with E-state index in [1.807, 2.05) is 54.6 Å². The van der Waals surface area contributed by atoms with Crippen molar-refractivity contribution in [2.24, 2.45) is 0 Å². The van der Waals surface area contributed by atoms with Gasteiger partial charge in [0, 0.05) is 19.2 Å². The number of benzene rings is 2. The van der Waals surface area contributed by atoms with Crippen molar-refractivity contribution in [3.05, 3.63) is 65.7 Å². The Labute approximate surface area is 137 Å². The van der Waals surface area contributed by atoms with Crippen LogP contribution in [0.2, 0.25) is 0 Å². The van der Waals surface area contributed by atoms with Crippen molar-refractivity contribution in [3.8, 4) is 11.5 Å². The molecule has 0 radical (unpaired) electrons. The normalized spacial score (nSPS) is 12.3. The molecule has 2 rings (SSSR count). The summed E-state index contributed by atoms with van der Waals surface area (Å²) in [6, 6.07) is 15.5. The molecule has 0 spiro atoms. The zero-order valence-electron chi connectivity index (χ0n) is 13.5. The Balaban J connectivity index is 1.85. The predicted octanol–water partition coefficient (Wildman–Crippen LogP) is 3.04. The Morgan fingerprint density at radius 1 is 1.04 bits per heavy atom. The van der Waals surface area contributed by atoms with E-state index in [4.69, 9.17) is 9.47 Å². The molecule has 4 heteroatoms. The third-order valence-electron chi connectivity index (χ3n) is 3.47. The Bertz CT molecular complexity index is 604. The summed E-state index contributed by atoms with van der Waals surface area (Å²) in [6.07, 6.45) is 3.46. The van der Waals surface area contributed by atoms with Gasteiger partial charge in [-0.25, -0.2) is 0 Å². The second-order valence-corrected chi connectivity index (χ2v) is 5.13. The molecule has 0 fully saturated rings. The maximum Gasteiger partial charge on any atom is 0.122 e. The molecule has 23 heavy (non-hydrogen) atoms. The molecule has 0 aliphatic heterocycles. The largest absolute Gasteiger partial charge is 0.497 e. The molecular weight excluding hydrogens is 290 g/mol. The zero-order chi connectivity index (χ0) is 16.5. The fraction of sp³-hybridized carbons (Fsp3) is 0.263. The molecule has 0 saturated carbocycles. The van der Waals surface area contributed by atoms with E-state index in [2.05, 4.69) is 5.32 Å². The van der Waals surface area contributed by atoms with Gasteiger partial charge in [-0.3, -0.25) is 0 Å².